The van der Waals surface area contributed by atoms with Gasteiger partial charge in [-0.3, -0.25) is 4.79 Å². The highest BCUT2D eigenvalue weighted by molar-refractivity contribution is 5.93. The zero-order valence-electron chi connectivity index (χ0n) is 10.3. The van der Waals surface area contributed by atoms with Crippen LogP contribution in [0.25, 0.3) is 11.3 Å². The molecule has 1 aromatic heterocycles. The van der Waals surface area contributed by atoms with Crippen molar-refractivity contribution in [1.82, 2.24) is 10.5 Å². The van der Waals surface area contributed by atoms with Gasteiger partial charge >= 0.3 is 0 Å². The lowest BCUT2D eigenvalue weighted by atomic mass is 10.1. The van der Waals surface area contributed by atoms with Crippen LogP contribution in [-0.4, -0.2) is 22.7 Å². The van der Waals surface area contributed by atoms with Gasteiger partial charge in [0.25, 0.3) is 5.91 Å². The summed E-state index contributed by atoms with van der Waals surface area (Å²) in [5.74, 6) is 1.02. The van der Waals surface area contributed by atoms with Crippen molar-refractivity contribution in [2.45, 2.75) is 12.8 Å². The van der Waals surface area contributed by atoms with Crippen molar-refractivity contribution in [3.8, 4) is 17.1 Å². The van der Waals surface area contributed by atoms with E-state index in [-0.39, 0.29) is 17.4 Å². The molecular formula is C14H14N2O3. The summed E-state index contributed by atoms with van der Waals surface area (Å²) >= 11 is 0. The Morgan fingerprint density at radius 3 is 3.00 bits per heavy atom. The molecule has 2 aromatic rings. The molecule has 1 aliphatic carbocycles. The van der Waals surface area contributed by atoms with Crippen LogP contribution in [0.2, 0.25) is 0 Å². The summed E-state index contributed by atoms with van der Waals surface area (Å²) in [4.78, 5) is 11.8. The summed E-state index contributed by atoms with van der Waals surface area (Å²) in [6.45, 7) is 0.702. The van der Waals surface area contributed by atoms with E-state index in [0.29, 0.717) is 23.8 Å². The van der Waals surface area contributed by atoms with E-state index in [9.17, 15) is 9.90 Å². The van der Waals surface area contributed by atoms with Gasteiger partial charge in [0.2, 0.25) is 0 Å². The maximum atomic E-state index is 11.8. The first-order valence-corrected chi connectivity index (χ1v) is 6.27. The molecule has 1 heterocycles. The molecule has 0 atom stereocenters. The van der Waals surface area contributed by atoms with Crippen LogP contribution in [0.5, 0.6) is 5.75 Å². The summed E-state index contributed by atoms with van der Waals surface area (Å²) in [5, 5.41) is 16.0. The number of phenols is 1. The minimum absolute atomic E-state index is 0.147. The summed E-state index contributed by atoms with van der Waals surface area (Å²) in [5.41, 5.74) is 0.952. The van der Waals surface area contributed by atoms with Crippen molar-refractivity contribution in [1.29, 1.82) is 0 Å². The predicted molar refractivity (Wildman–Crippen MR) is 68.7 cm³/mol. The van der Waals surface area contributed by atoms with Crippen LogP contribution in [-0.2, 0) is 0 Å². The van der Waals surface area contributed by atoms with Gasteiger partial charge in [-0.25, -0.2) is 0 Å². The topological polar surface area (TPSA) is 75.4 Å². The van der Waals surface area contributed by atoms with Crippen molar-refractivity contribution in [3.05, 3.63) is 36.0 Å². The zero-order chi connectivity index (χ0) is 13.2. The lowest BCUT2D eigenvalue weighted by Gasteiger charge is -1.99. The molecule has 1 aromatic carbocycles. The third-order valence-electron chi connectivity index (χ3n) is 3.12. The molecule has 0 saturated heterocycles. The molecule has 1 aliphatic rings. The molecule has 0 bridgehead atoms. The highest BCUT2D eigenvalue weighted by Crippen LogP contribution is 2.28. The SMILES string of the molecule is O=C(NCC1CC1)c1cc(-c2cccc(O)c2)on1. The molecule has 0 spiro atoms. The quantitative estimate of drug-likeness (QED) is 0.881. The van der Waals surface area contributed by atoms with Gasteiger partial charge in [-0.1, -0.05) is 17.3 Å². The Balaban J connectivity index is 1.73. The molecule has 98 valence electrons. The number of nitrogens with one attached hydrogen (secondary N) is 1. The Hall–Kier alpha value is -2.30. The number of carbonyl (C=O) groups excluding carboxylic acids is 1. The lowest BCUT2D eigenvalue weighted by Crippen LogP contribution is -2.25. The van der Waals surface area contributed by atoms with Crippen LogP contribution in [0.15, 0.2) is 34.9 Å². The van der Waals surface area contributed by atoms with Crippen LogP contribution in [0.4, 0.5) is 0 Å². The Morgan fingerprint density at radius 1 is 1.42 bits per heavy atom. The Morgan fingerprint density at radius 2 is 2.26 bits per heavy atom. The first kappa shape index (κ1) is 11.8. The monoisotopic (exact) mass is 258 g/mol. The molecule has 2 N–H and O–H groups in total. The number of hydrogen-bond donors (Lipinski definition) is 2. The molecule has 1 fully saturated rings. The Bertz CT molecular complexity index is 602. The largest absolute Gasteiger partial charge is 0.508 e. The number of hydrogen-bond acceptors (Lipinski definition) is 4. The van der Waals surface area contributed by atoms with Gasteiger partial charge in [-0.2, -0.15) is 0 Å². The van der Waals surface area contributed by atoms with E-state index < -0.39 is 0 Å². The molecule has 3 rings (SSSR count). The second kappa shape index (κ2) is 4.76. The highest BCUT2D eigenvalue weighted by atomic mass is 16.5. The molecule has 5 nitrogen and oxygen atoms in total. The third-order valence-corrected chi connectivity index (χ3v) is 3.12. The van der Waals surface area contributed by atoms with Gasteiger partial charge < -0.3 is 14.9 Å². The number of rotatable bonds is 4. The van der Waals surface area contributed by atoms with Gasteiger partial charge in [0, 0.05) is 18.2 Å². The smallest absolute Gasteiger partial charge is 0.273 e. The minimum atomic E-state index is -0.220. The maximum Gasteiger partial charge on any atom is 0.273 e. The number of aromatic nitrogens is 1. The highest BCUT2D eigenvalue weighted by Gasteiger charge is 2.22. The van der Waals surface area contributed by atoms with E-state index >= 15 is 0 Å². The summed E-state index contributed by atoms with van der Waals surface area (Å²) < 4.78 is 5.13. The summed E-state index contributed by atoms with van der Waals surface area (Å²) in [6, 6.07) is 8.21. The van der Waals surface area contributed by atoms with Gasteiger partial charge in [-0.15, -0.1) is 0 Å². The van der Waals surface area contributed by atoms with E-state index in [4.69, 9.17) is 4.52 Å². The maximum absolute atomic E-state index is 11.8. The van der Waals surface area contributed by atoms with Crippen molar-refractivity contribution in [2.75, 3.05) is 6.54 Å². The fourth-order valence-electron chi connectivity index (χ4n) is 1.83. The predicted octanol–water partition coefficient (Wildman–Crippen LogP) is 2.19. The number of aromatic hydroxyl groups is 1. The van der Waals surface area contributed by atoms with E-state index in [1.165, 1.54) is 12.8 Å². The lowest BCUT2D eigenvalue weighted by molar-refractivity contribution is 0.0943. The normalized spacial score (nSPS) is 14.3. The first-order chi connectivity index (χ1) is 9.22. The van der Waals surface area contributed by atoms with Crippen molar-refractivity contribution in [2.24, 2.45) is 5.92 Å². The number of carbonyl (C=O) groups is 1. The number of nitrogens with zero attached hydrogens (tertiary/aromatic N) is 1. The molecule has 0 aliphatic heterocycles. The van der Waals surface area contributed by atoms with Crippen LogP contribution >= 0.6 is 0 Å². The standard InChI is InChI=1S/C14H14N2O3/c17-11-3-1-2-10(6-11)13-7-12(16-19-13)14(18)15-8-9-4-5-9/h1-3,6-7,9,17H,4-5,8H2,(H,15,18). The Labute approximate surface area is 110 Å². The average Bonchev–Trinajstić information content (AvgIpc) is 3.10. The number of phenolic OH excluding ortho intramolecular Hbond substituents is 1. The molecule has 1 saturated carbocycles. The van der Waals surface area contributed by atoms with Crippen molar-refractivity contribution in [3.63, 3.8) is 0 Å². The van der Waals surface area contributed by atoms with Gasteiger partial charge in [-0.05, 0) is 30.9 Å². The summed E-state index contributed by atoms with van der Waals surface area (Å²) in [6.07, 6.45) is 2.38. The second-order valence-corrected chi connectivity index (χ2v) is 4.78. The van der Waals surface area contributed by atoms with Gasteiger partial charge in [0.05, 0.1) is 0 Å². The van der Waals surface area contributed by atoms with Crippen LogP contribution in [0.3, 0.4) is 0 Å². The van der Waals surface area contributed by atoms with Crippen LogP contribution < -0.4 is 5.32 Å². The molecule has 0 unspecified atom stereocenters. The van der Waals surface area contributed by atoms with Crippen LogP contribution in [0.1, 0.15) is 23.3 Å². The molecule has 19 heavy (non-hydrogen) atoms. The molecular weight excluding hydrogens is 244 g/mol. The fraction of sp³-hybridized carbons (Fsp3) is 0.286. The third kappa shape index (κ3) is 2.76. The Kier molecular flexibility index (Phi) is 2.95. The molecule has 0 radical (unpaired) electrons. The molecule has 5 heteroatoms. The first-order valence-electron chi connectivity index (χ1n) is 6.27. The van der Waals surface area contributed by atoms with E-state index in [1.807, 2.05) is 0 Å². The molecule has 1 amide bonds. The minimum Gasteiger partial charge on any atom is -0.508 e. The van der Waals surface area contributed by atoms with Crippen molar-refractivity contribution < 1.29 is 14.4 Å². The fourth-order valence-corrected chi connectivity index (χ4v) is 1.83. The van der Waals surface area contributed by atoms with Gasteiger partial charge in [0.1, 0.15) is 5.75 Å². The van der Waals surface area contributed by atoms with E-state index in [0.717, 1.165) is 0 Å². The average molecular weight is 258 g/mol. The zero-order valence-corrected chi connectivity index (χ0v) is 10.3. The van der Waals surface area contributed by atoms with Crippen molar-refractivity contribution >= 4 is 5.91 Å². The number of benzene rings is 1. The van der Waals surface area contributed by atoms with Crippen LogP contribution in [0, 0.1) is 5.92 Å². The van der Waals surface area contributed by atoms with Gasteiger partial charge in [0.15, 0.2) is 11.5 Å². The number of amides is 1. The van der Waals surface area contributed by atoms with E-state index in [1.54, 1.807) is 30.3 Å². The van der Waals surface area contributed by atoms with E-state index in [2.05, 4.69) is 10.5 Å². The second-order valence-electron chi connectivity index (χ2n) is 4.78. The summed E-state index contributed by atoms with van der Waals surface area (Å²) in [7, 11) is 0.